The second kappa shape index (κ2) is 8.86. The SMILES string of the molecule is CNC(=O)C(NC(=O)Cn1c(-c2ccc(Cl)cc2)csc1=O)c1ccccc1. The first-order chi connectivity index (χ1) is 13.5. The van der Waals surface area contributed by atoms with Crippen molar-refractivity contribution in [1.82, 2.24) is 15.2 Å². The third kappa shape index (κ3) is 4.49. The summed E-state index contributed by atoms with van der Waals surface area (Å²) in [7, 11) is 1.51. The van der Waals surface area contributed by atoms with Crippen LogP contribution in [0.5, 0.6) is 0 Å². The van der Waals surface area contributed by atoms with Gasteiger partial charge in [-0.05, 0) is 23.3 Å². The smallest absolute Gasteiger partial charge is 0.308 e. The van der Waals surface area contributed by atoms with Crippen molar-refractivity contribution in [3.63, 3.8) is 0 Å². The van der Waals surface area contributed by atoms with Crippen molar-refractivity contribution in [1.29, 1.82) is 0 Å². The van der Waals surface area contributed by atoms with Crippen molar-refractivity contribution in [2.75, 3.05) is 7.05 Å². The number of halogens is 1. The van der Waals surface area contributed by atoms with Gasteiger partial charge < -0.3 is 10.6 Å². The molecule has 6 nitrogen and oxygen atoms in total. The Morgan fingerprint density at radius 1 is 1.11 bits per heavy atom. The molecule has 0 aliphatic heterocycles. The molecule has 1 heterocycles. The third-order valence-electron chi connectivity index (χ3n) is 4.17. The van der Waals surface area contributed by atoms with Crippen LogP contribution in [0.25, 0.3) is 11.3 Å². The summed E-state index contributed by atoms with van der Waals surface area (Å²) in [5, 5.41) is 7.54. The molecule has 0 radical (unpaired) electrons. The van der Waals surface area contributed by atoms with Crippen molar-refractivity contribution in [3.05, 3.63) is 80.2 Å². The van der Waals surface area contributed by atoms with Crippen LogP contribution in [0, 0.1) is 0 Å². The van der Waals surface area contributed by atoms with Crippen molar-refractivity contribution in [2.24, 2.45) is 0 Å². The predicted octanol–water partition coefficient (Wildman–Crippen LogP) is 2.83. The zero-order valence-electron chi connectivity index (χ0n) is 15.0. The van der Waals surface area contributed by atoms with E-state index in [2.05, 4.69) is 10.6 Å². The van der Waals surface area contributed by atoms with Crippen LogP contribution in [0.15, 0.2) is 64.8 Å². The number of carbonyl (C=O) groups excluding carboxylic acids is 2. The molecule has 28 heavy (non-hydrogen) atoms. The summed E-state index contributed by atoms with van der Waals surface area (Å²) in [6.07, 6.45) is 0. The predicted molar refractivity (Wildman–Crippen MR) is 110 cm³/mol. The molecule has 0 saturated heterocycles. The zero-order chi connectivity index (χ0) is 20.1. The lowest BCUT2D eigenvalue weighted by Crippen LogP contribution is -2.41. The second-order valence-electron chi connectivity index (χ2n) is 6.01. The number of rotatable bonds is 6. The van der Waals surface area contributed by atoms with E-state index < -0.39 is 11.9 Å². The van der Waals surface area contributed by atoms with Gasteiger partial charge in [0.2, 0.25) is 11.8 Å². The fourth-order valence-corrected chi connectivity index (χ4v) is 3.66. The lowest BCUT2D eigenvalue weighted by atomic mass is 10.1. The minimum Gasteiger partial charge on any atom is -0.357 e. The number of benzene rings is 2. The van der Waals surface area contributed by atoms with E-state index in [1.165, 1.54) is 11.6 Å². The first-order valence-electron chi connectivity index (χ1n) is 8.49. The molecule has 0 spiro atoms. The van der Waals surface area contributed by atoms with E-state index in [1.807, 2.05) is 6.07 Å². The average molecular weight is 416 g/mol. The number of aromatic nitrogens is 1. The molecule has 0 aliphatic carbocycles. The van der Waals surface area contributed by atoms with Gasteiger partial charge in [-0.3, -0.25) is 19.0 Å². The van der Waals surface area contributed by atoms with E-state index in [0.717, 1.165) is 16.9 Å². The van der Waals surface area contributed by atoms with Gasteiger partial charge in [0.15, 0.2) is 0 Å². The molecule has 2 aromatic carbocycles. The molecule has 2 amide bonds. The number of carbonyl (C=O) groups is 2. The fraction of sp³-hybridized carbons (Fsp3) is 0.150. The average Bonchev–Trinajstić information content (AvgIpc) is 3.07. The molecule has 3 aromatic rings. The van der Waals surface area contributed by atoms with Crippen molar-refractivity contribution >= 4 is 34.8 Å². The van der Waals surface area contributed by atoms with Gasteiger partial charge >= 0.3 is 4.87 Å². The number of nitrogens with zero attached hydrogens (tertiary/aromatic N) is 1. The summed E-state index contributed by atoms with van der Waals surface area (Å²) in [6.45, 7) is -0.194. The Kier molecular flexibility index (Phi) is 6.28. The molecule has 1 aromatic heterocycles. The summed E-state index contributed by atoms with van der Waals surface area (Å²) < 4.78 is 1.38. The van der Waals surface area contributed by atoms with Gasteiger partial charge in [-0.25, -0.2) is 0 Å². The Morgan fingerprint density at radius 2 is 1.79 bits per heavy atom. The highest BCUT2D eigenvalue weighted by atomic mass is 35.5. The van der Waals surface area contributed by atoms with Gasteiger partial charge in [0, 0.05) is 17.5 Å². The van der Waals surface area contributed by atoms with Gasteiger partial charge in [0.25, 0.3) is 0 Å². The summed E-state index contributed by atoms with van der Waals surface area (Å²) in [5.41, 5.74) is 2.06. The lowest BCUT2D eigenvalue weighted by molar-refractivity contribution is -0.129. The minimum absolute atomic E-state index is 0.194. The summed E-state index contributed by atoms with van der Waals surface area (Å²) in [4.78, 5) is 36.9. The van der Waals surface area contributed by atoms with Gasteiger partial charge in [-0.2, -0.15) is 0 Å². The van der Waals surface area contributed by atoms with Crippen LogP contribution in [-0.2, 0) is 16.1 Å². The van der Waals surface area contributed by atoms with E-state index in [9.17, 15) is 14.4 Å². The van der Waals surface area contributed by atoms with Crippen LogP contribution in [0.1, 0.15) is 11.6 Å². The quantitative estimate of drug-likeness (QED) is 0.649. The molecule has 8 heteroatoms. The molecular weight excluding hydrogens is 398 g/mol. The highest BCUT2D eigenvalue weighted by Crippen LogP contribution is 2.22. The maximum atomic E-state index is 12.6. The van der Waals surface area contributed by atoms with Gasteiger partial charge in [0.05, 0.1) is 5.69 Å². The van der Waals surface area contributed by atoms with Crippen LogP contribution in [0.2, 0.25) is 5.02 Å². The van der Waals surface area contributed by atoms with E-state index in [-0.39, 0.29) is 17.3 Å². The molecule has 3 rings (SSSR count). The summed E-state index contributed by atoms with van der Waals surface area (Å²) in [5.74, 6) is -0.775. The molecule has 1 atom stereocenters. The first-order valence-corrected chi connectivity index (χ1v) is 9.75. The highest BCUT2D eigenvalue weighted by Gasteiger charge is 2.22. The number of thiazole rings is 1. The van der Waals surface area contributed by atoms with E-state index in [0.29, 0.717) is 16.3 Å². The molecule has 0 aliphatic rings. The molecule has 0 saturated carbocycles. The molecule has 0 bridgehead atoms. The van der Waals surface area contributed by atoms with Crippen LogP contribution >= 0.6 is 22.9 Å². The zero-order valence-corrected chi connectivity index (χ0v) is 16.6. The normalized spacial score (nSPS) is 11.6. The number of hydrogen-bond acceptors (Lipinski definition) is 4. The van der Waals surface area contributed by atoms with Crippen molar-refractivity contribution in [2.45, 2.75) is 12.6 Å². The lowest BCUT2D eigenvalue weighted by Gasteiger charge is -2.18. The Morgan fingerprint density at radius 3 is 2.43 bits per heavy atom. The Balaban J connectivity index is 1.83. The van der Waals surface area contributed by atoms with Crippen LogP contribution < -0.4 is 15.5 Å². The van der Waals surface area contributed by atoms with Crippen molar-refractivity contribution in [3.8, 4) is 11.3 Å². The fourth-order valence-electron chi connectivity index (χ4n) is 2.77. The Labute approximate surface area is 170 Å². The van der Waals surface area contributed by atoms with Crippen LogP contribution in [-0.4, -0.2) is 23.4 Å². The van der Waals surface area contributed by atoms with Gasteiger partial charge in [0.1, 0.15) is 12.6 Å². The van der Waals surface area contributed by atoms with E-state index in [4.69, 9.17) is 11.6 Å². The van der Waals surface area contributed by atoms with E-state index >= 15 is 0 Å². The minimum atomic E-state index is -0.841. The van der Waals surface area contributed by atoms with Gasteiger partial charge in [-0.1, -0.05) is 65.4 Å². The molecule has 2 N–H and O–H groups in total. The largest absolute Gasteiger partial charge is 0.357 e. The number of amides is 2. The molecule has 1 unspecified atom stereocenters. The maximum absolute atomic E-state index is 12.6. The summed E-state index contributed by atoms with van der Waals surface area (Å²) in [6, 6.07) is 15.1. The van der Waals surface area contributed by atoms with Gasteiger partial charge in [-0.15, -0.1) is 0 Å². The first kappa shape index (κ1) is 19.9. The molecule has 0 fully saturated rings. The van der Waals surface area contributed by atoms with E-state index in [1.54, 1.807) is 53.9 Å². The topological polar surface area (TPSA) is 80.2 Å². The standard InChI is InChI=1S/C20H18ClN3O3S/c1-22-19(26)18(14-5-3-2-4-6-14)23-17(25)11-24-16(12-28-20(24)27)13-7-9-15(21)10-8-13/h2-10,12,18H,11H2,1H3,(H,22,26)(H,23,25). The Bertz CT molecular complexity index is 1030. The van der Waals surface area contributed by atoms with Crippen LogP contribution in [0.4, 0.5) is 0 Å². The maximum Gasteiger partial charge on any atom is 0.308 e. The number of nitrogens with one attached hydrogen (secondary N) is 2. The number of likely N-dealkylation sites (N-methyl/N-ethyl adjacent to an activating group) is 1. The third-order valence-corrected chi connectivity index (χ3v) is 5.19. The number of hydrogen-bond donors (Lipinski definition) is 2. The molecule has 144 valence electrons. The summed E-state index contributed by atoms with van der Waals surface area (Å²) >= 11 is 6.93. The van der Waals surface area contributed by atoms with Crippen molar-refractivity contribution < 1.29 is 9.59 Å². The monoisotopic (exact) mass is 415 g/mol. The second-order valence-corrected chi connectivity index (χ2v) is 7.26. The Hall–Kier alpha value is -2.90. The van der Waals surface area contributed by atoms with Crippen LogP contribution in [0.3, 0.4) is 0 Å². The molecular formula is C20H18ClN3O3S. The highest BCUT2D eigenvalue weighted by molar-refractivity contribution is 7.07.